The summed E-state index contributed by atoms with van der Waals surface area (Å²) in [6, 6.07) is 0. The Morgan fingerprint density at radius 2 is 1.83 bits per heavy atom. The predicted octanol–water partition coefficient (Wildman–Crippen LogP) is 2.51. The van der Waals surface area contributed by atoms with Crippen molar-refractivity contribution in [2.75, 3.05) is 5.88 Å². The van der Waals surface area contributed by atoms with Gasteiger partial charge in [0.05, 0.1) is 6.10 Å². The number of halogens is 1. The van der Waals surface area contributed by atoms with Crippen LogP contribution in [-0.4, -0.2) is 17.1 Å². The molecule has 1 saturated carbocycles. The average molecular weight is 191 g/mol. The second-order valence-corrected chi connectivity index (χ2v) is 4.67. The first-order valence-corrected chi connectivity index (χ1v) is 5.35. The standard InChI is InChI=1S/C10H19ClO/c1-6-4-7(2)10(12)8(3)9(6)5-11/h6-10,12H,4-5H2,1-3H3. The lowest BCUT2D eigenvalue weighted by Gasteiger charge is -2.40. The molecular formula is C10H19ClO. The zero-order valence-electron chi connectivity index (χ0n) is 8.13. The molecule has 0 aromatic heterocycles. The van der Waals surface area contributed by atoms with Gasteiger partial charge in [0.2, 0.25) is 0 Å². The van der Waals surface area contributed by atoms with Gasteiger partial charge in [-0.25, -0.2) is 0 Å². The molecule has 1 nitrogen and oxygen atoms in total. The van der Waals surface area contributed by atoms with Crippen molar-refractivity contribution in [1.29, 1.82) is 0 Å². The zero-order chi connectivity index (χ0) is 9.30. The number of alkyl halides is 1. The van der Waals surface area contributed by atoms with E-state index in [1.54, 1.807) is 0 Å². The van der Waals surface area contributed by atoms with Crippen LogP contribution >= 0.6 is 11.6 Å². The molecule has 0 aliphatic heterocycles. The Kier molecular flexibility index (Phi) is 3.42. The molecule has 1 aliphatic carbocycles. The van der Waals surface area contributed by atoms with E-state index in [9.17, 15) is 5.11 Å². The van der Waals surface area contributed by atoms with Crippen LogP contribution in [-0.2, 0) is 0 Å². The molecule has 1 aliphatic rings. The Labute approximate surface area is 80.1 Å². The van der Waals surface area contributed by atoms with Crippen LogP contribution in [0.3, 0.4) is 0 Å². The van der Waals surface area contributed by atoms with Gasteiger partial charge in [0.25, 0.3) is 0 Å². The van der Waals surface area contributed by atoms with Gasteiger partial charge in [0.1, 0.15) is 0 Å². The minimum Gasteiger partial charge on any atom is -0.393 e. The molecule has 0 aromatic carbocycles. The summed E-state index contributed by atoms with van der Waals surface area (Å²) in [5.41, 5.74) is 0. The molecule has 0 heterocycles. The SMILES string of the molecule is CC1CC(C)C(CCl)C(C)C1O. The van der Waals surface area contributed by atoms with Gasteiger partial charge in [-0.05, 0) is 30.1 Å². The highest BCUT2D eigenvalue weighted by Crippen LogP contribution is 2.38. The van der Waals surface area contributed by atoms with E-state index in [-0.39, 0.29) is 6.10 Å². The van der Waals surface area contributed by atoms with E-state index >= 15 is 0 Å². The summed E-state index contributed by atoms with van der Waals surface area (Å²) < 4.78 is 0. The van der Waals surface area contributed by atoms with Crippen LogP contribution in [0.15, 0.2) is 0 Å². The largest absolute Gasteiger partial charge is 0.393 e. The minimum absolute atomic E-state index is 0.148. The van der Waals surface area contributed by atoms with Crippen molar-refractivity contribution in [2.24, 2.45) is 23.7 Å². The maximum atomic E-state index is 9.81. The van der Waals surface area contributed by atoms with Crippen LogP contribution in [0.1, 0.15) is 27.2 Å². The molecule has 2 heteroatoms. The van der Waals surface area contributed by atoms with E-state index in [4.69, 9.17) is 11.6 Å². The Balaban J connectivity index is 2.65. The van der Waals surface area contributed by atoms with Crippen molar-refractivity contribution >= 4 is 11.6 Å². The second kappa shape index (κ2) is 3.97. The van der Waals surface area contributed by atoms with Gasteiger partial charge in [-0.15, -0.1) is 11.6 Å². The third-order valence-corrected chi connectivity index (χ3v) is 3.81. The van der Waals surface area contributed by atoms with Gasteiger partial charge in [-0.1, -0.05) is 20.8 Å². The highest BCUT2D eigenvalue weighted by Gasteiger charge is 2.37. The third kappa shape index (κ3) is 1.77. The Bertz CT molecular complexity index is 149. The van der Waals surface area contributed by atoms with E-state index in [0.29, 0.717) is 29.6 Å². The lowest BCUT2D eigenvalue weighted by atomic mass is 9.68. The molecule has 5 atom stereocenters. The Morgan fingerprint density at radius 3 is 2.33 bits per heavy atom. The van der Waals surface area contributed by atoms with E-state index in [2.05, 4.69) is 20.8 Å². The normalized spacial score (nSPS) is 49.2. The van der Waals surface area contributed by atoms with Gasteiger partial charge in [0.15, 0.2) is 0 Å². The fraction of sp³-hybridized carbons (Fsp3) is 1.00. The maximum absolute atomic E-state index is 9.81. The van der Waals surface area contributed by atoms with E-state index in [1.165, 1.54) is 0 Å². The molecular weight excluding hydrogens is 172 g/mol. The molecule has 0 saturated heterocycles. The summed E-state index contributed by atoms with van der Waals surface area (Å²) in [5, 5.41) is 9.81. The number of aliphatic hydroxyl groups is 1. The van der Waals surface area contributed by atoms with Gasteiger partial charge < -0.3 is 5.11 Å². The van der Waals surface area contributed by atoms with Crippen molar-refractivity contribution in [3.8, 4) is 0 Å². The van der Waals surface area contributed by atoms with Crippen LogP contribution in [0.2, 0.25) is 0 Å². The van der Waals surface area contributed by atoms with Gasteiger partial charge in [0, 0.05) is 5.88 Å². The first-order chi connectivity index (χ1) is 5.57. The number of rotatable bonds is 1. The van der Waals surface area contributed by atoms with Crippen molar-refractivity contribution in [1.82, 2.24) is 0 Å². The van der Waals surface area contributed by atoms with Crippen LogP contribution < -0.4 is 0 Å². The molecule has 5 unspecified atom stereocenters. The molecule has 0 radical (unpaired) electrons. The second-order valence-electron chi connectivity index (χ2n) is 4.36. The molecule has 1 fully saturated rings. The average Bonchev–Trinajstić information content (AvgIpc) is 2.01. The molecule has 72 valence electrons. The summed E-state index contributed by atoms with van der Waals surface area (Å²) >= 11 is 5.87. The summed E-state index contributed by atoms with van der Waals surface area (Å²) in [6.07, 6.45) is 0.966. The van der Waals surface area contributed by atoms with E-state index in [1.807, 2.05) is 0 Å². The fourth-order valence-corrected chi connectivity index (χ4v) is 3.07. The van der Waals surface area contributed by atoms with Gasteiger partial charge >= 0.3 is 0 Å². The Hall–Kier alpha value is 0.250. The topological polar surface area (TPSA) is 20.2 Å². The fourth-order valence-electron chi connectivity index (χ4n) is 2.48. The maximum Gasteiger partial charge on any atom is 0.0594 e. The first-order valence-electron chi connectivity index (χ1n) is 4.82. The lowest BCUT2D eigenvalue weighted by Crippen LogP contribution is -2.41. The van der Waals surface area contributed by atoms with Crippen LogP contribution in [0, 0.1) is 23.7 Å². The molecule has 1 N–H and O–H groups in total. The molecule has 0 amide bonds. The van der Waals surface area contributed by atoms with Crippen molar-refractivity contribution in [2.45, 2.75) is 33.3 Å². The van der Waals surface area contributed by atoms with Crippen molar-refractivity contribution in [3.05, 3.63) is 0 Å². The smallest absolute Gasteiger partial charge is 0.0594 e. The highest BCUT2D eigenvalue weighted by atomic mass is 35.5. The molecule has 0 spiro atoms. The van der Waals surface area contributed by atoms with E-state index < -0.39 is 0 Å². The Morgan fingerprint density at radius 1 is 1.25 bits per heavy atom. The third-order valence-electron chi connectivity index (χ3n) is 3.45. The minimum atomic E-state index is -0.148. The monoisotopic (exact) mass is 190 g/mol. The summed E-state index contributed by atoms with van der Waals surface area (Å²) in [5.74, 6) is 2.65. The molecule has 1 rings (SSSR count). The quantitative estimate of drug-likeness (QED) is 0.630. The lowest BCUT2D eigenvalue weighted by molar-refractivity contribution is -0.0171. The van der Waals surface area contributed by atoms with Gasteiger partial charge in [-0.2, -0.15) is 0 Å². The van der Waals surface area contributed by atoms with Crippen molar-refractivity contribution < 1.29 is 5.11 Å². The first kappa shape index (κ1) is 10.3. The molecule has 0 bridgehead atoms. The summed E-state index contributed by atoms with van der Waals surface area (Å²) in [4.78, 5) is 0. The van der Waals surface area contributed by atoms with Gasteiger partial charge in [-0.3, -0.25) is 0 Å². The number of hydrogen-bond acceptors (Lipinski definition) is 1. The molecule has 0 aromatic rings. The zero-order valence-corrected chi connectivity index (χ0v) is 8.88. The predicted molar refractivity (Wildman–Crippen MR) is 52.3 cm³/mol. The summed E-state index contributed by atoms with van der Waals surface area (Å²) in [7, 11) is 0. The highest BCUT2D eigenvalue weighted by molar-refractivity contribution is 6.18. The number of aliphatic hydroxyl groups excluding tert-OH is 1. The van der Waals surface area contributed by atoms with Crippen molar-refractivity contribution in [3.63, 3.8) is 0 Å². The van der Waals surface area contributed by atoms with E-state index in [0.717, 1.165) is 6.42 Å². The van der Waals surface area contributed by atoms with Crippen LogP contribution in [0.5, 0.6) is 0 Å². The molecule has 12 heavy (non-hydrogen) atoms. The summed E-state index contributed by atoms with van der Waals surface area (Å²) in [6.45, 7) is 6.48. The van der Waals surface area contributed by atoms with Crippen LogP contribution in [0.4, 0.5) is 0 Å². The number of hydrogen-bond donors (Lipinski definition) is 1. The van der Waals surface area contributed by atoms with Crippen LogP contribution in [0.25, 0.3) is 0 Å².